The highest BCUT2D eigenvalue weighted by atomic mass is 16.5. The molecule has 0 aromatic carbocycles. The topological polar surface area (TPSA) is 74.7 Å². The smallest absolute Gasteiger partial charge is 0.356 e. The van der Waals surface area contributed by atoms with E-state index in [1.807, 2.05) is 6.92 Å². The first-order chi connectivity index (χ1) is 9.12. The molecule has 0 saturated carbocycles. The van der Waals surface area contributed by atoms with E-state index >= 15 is 0 Å². The van der Waals surface area contributed by atoms with Crippen molar-refractivity contribution in [2.24, 2.45) is 0 Å². The maximum atomic E-state index is 11.8. The van der Waals surface area contributed by atoms with E-state index in [1.54, 1.807) is 0 Å². The van der Waals surface area contributed by atoms with Crippen molar-refractivity contribution in [3.63, 3.8) is 0 Å². The molecule has 0 aliphatic rings. The van der Waals surface area contributed by atoms with Gasteiger partial charge in [0.25, 0.3) is 0 Å². The average Bonchev–Trinajstić information content (AvgIpc) is 2.45. The molecule has 1 aromatic heterocycles. The number of hydrogen-bond donors (Lipinski definition) is 0. The third kappa shape index (κ3) is 4.24. The lowest BCUT2D eigenvalue weighted by Crippen LogP contribution is -2.11. The van der Waals surface area contributed by atoms with Gasteiger partial charge in [-0.3, -0.25) is 0 Å². The number of aromatic nitrogens is 1. The van der Waals surface area contributed by atoms with Crippen LogP contribution in [0.15, 0.2) is 12.1 Å². The van der Waals surface area contributed by atoms with E-state index in [0.717, 1.165) is 12.8 Å². The number of esters is 2. The van der Waals surface area contributed by atoms with Crippen LogP contribution in [0.2, 0.25) is 0 Å². The second-order valence-corrected chi connectivity index (χ2v) is 3.76. The predicted molar refractivity (Wildman–Crippen MR) is 67.3 cm³/mol. The Morgan fingerprint density at radius 2 is 1.95 bits per heavy atom. The van der Waals surface area contributed by atoms with E-state index in [-0.39, 0.29) is 17.1 Å². The number of unbranched alkanes of at least 4 members (excludes halogenated alkanes) is 1. The quantitative estimate of drug-likeness (QED) is 0.578. The van der Waals surface area contributed by atoms with Gasteiger partial charge in [-0.15, -0.1) is 0 Å². The summed E-state index contributed by atoms with van der Waals surface area (Å²) in [5.41, 5.74) is 0.215. The third-order valence-corrected chi connectivity index (χ3v) is 2.37. The highest BCUT2D eigenvalue weighted by Gasteiger charge is 2.16. The van der Waals surface area contributed by atoms with Crippen LogP contribution in [0.4, 0.5) is 0 Å². The van der Waals surface area contributed by atoms with Crippen molar-refractivity contribution < 1.29 is 23.8 Å². The summed E-state index contributed by atoms with van der Waals surface area (Å²) >= 11 is 0. The lowest BCUT2D eigenvalue weighted by molar-refractivity contribution is 0.0499. The van der Waals surface area contributed by atoms with Gasteiger partial charge in [0.05, 0.1) is 26.4 Å². The molecule has 1 heterocycles. The lowest BCUT2D eigenvalue weighted by Gasteiger charge is -2.07. The molecule has 0 N–H and O–H groups in total. The van der Waals surface area contributed by atoms with Gasteiger partial charge in [-0.25, -0.2) is 14.6 Å². The van der Waals surface area contributed by atoms with Crippen LogP contribution in [0.3, 0.4) is 0 Å². The summed E-state index contributed by atoms with van der Waals surface area (Å²) in [5, 5.41) is 0. The minimum Gasteiger partial charge on any atom is -0.481 e. The van der Waals surface area contributed by atoms with Crippen LogP contribution in [-0.4, -0.2) is 37.7 Å². The molecule has 0 aliphatic carbocycles. The van der Waals surface area contributed by atoms with E-state index in [9.17, 15) is 9.59 Å². The molecule has 0 atom stereocenters. The summed E-state index contributed by atoms with van der Waals surface area (Å²) in [6.45, 7) is 2.34. The van der Waals surface area contributed by atoms with Gasteiger partial charge in [0.15, 0.2) is 5.69 Å². The van der Waals surface area contributed by atoms with Gasteiger partial charge in [0.2, 0.25) is 5.88 Å². The van der Waals surface area contributed by atoms with Crippen LogP contribution in [0.25, 0.3) is 0 Å². The van der Waals surface area contributed by atoms with E-state index in [4.69, 9.17) is 9.47 Å². The average molecular weight is 267 g/mol. The number of carbonyl (C=O) groups excluding carboxylic acids is 2. The van der Waals surface area contributed by atoms with Crippen LogP contribution in [0.1, 0.15) is 40.6 Å². The summed E-state index contributed by atoms with van der Waals surface area (Å²) in [6.07, 6.45) is 1.72. The normalized spacial score (nSPS) is 9.84. The molecular weight excluding hydrogens is 250 g/mol. The molecule has 6 heteroatoms. The molecule has 0 fully saturated rings. The van der Waals surface area contributed by atoms with Gasteiger partial charge in [-0.2, -0.15) is 0 Å². The molecule has 0 radical (unpaired) electrons. The number of ether oxygens (including phenoxy) is 3. The van der Waals surface area contributed by atoms with Crippen molar-refractivity contribution in [1.82, 2.24) is 4.98 Å². The van der Waals surface area contributed by atoms with Gasteiger partial charge < -0.3 is 14.2 Å². The highest BCUT2D eigenvalue weighted by molar-refractivity contribution is 5.94. The summed E-state index contributed by atoms with van der Waals surface area (Å²) in [5.74, 6) is -0.994. The maximum Gasteiger partial charge on any atom is 0.356 e. The van der Waals surface area contributed by atoms with Crippen LogP contribution in [0.5, 0.6) is 5.88 Å². The van der Waals surface area contributed by atoms with Gasteiger partial charge in [-0.1, -0.05) is 13.3 Å². The molecule has 0 unspecified atom stereocenters. The lowest BCUT2D eigenvalue weighted by atomic mass is 10.2. The second kappa shape index (κ2) is 7.35. The number of pyridine rings is 1. The second-order valence-electron chi connectivity index (χ2n) is 3.76. The SMILES string of the molecule is CCCCOC(=O)c1cc(OC)nc(C(=O)OC)c1. The Morgan fingerprint density at radius 1 is 1.21 bits per heavy atom. The molecule has 0 bridgehead atoms. The molecule has 0 spiro atoms. The van der Waals surface area contributed by atoms with Gasteiger partial charge in [-0.05, 0) is 12.5 Å². The fraction of sp³-hybridized carbons (Fsp3) is 0.462. The Labute approximate surface area is 111 Å². The Hall–Kier alpha value is -2.11. The van der Waals surface area contributed by atoms with Crippen LogP contribution in [0, 0.1) is 0 Å². The molecule has 0 saturated heterocycles. The Kier molecular flexibility index (Phi) is 5.78. The number of rotatable bonds is 6. The van der Waals surface area contributed by atoms with E-state index in [1.165, 1.54) is 26.4 Å². The standard InChI is InChI=1S/C13H17NO5/c1-4-5-6-19-12(15)9-7-10(13(16)18-3)14-11(8-9)17-2/h7-8H,4-6H2,1-3H3. The highest BCUT2D eigenvalue weighted by Crippen LogP contribution is 2.14. The van der Waals surface area contributed by atoms with Crippen molar-refractivity contribution in [3.05, 3.63) is 23.4 Å². The van der Waals surface area contributed by atoms with Crippen molar-refractivity contribution in [2.45, 2.75) is 19.8 Å². The molecule has 1 aromatic rings. The zero-order chi connectivity index (χ0) is 14.3. The van der Waals surface area contributed by atoms with Crippen molar-refractivity contribution >= 4 is 11.9 Å². The summed E-state index contributed by atoms with van der Waals surface area (Å²) < 4.78 is 14.6. The number of carbonyl (C=O) groups is 2. The fourth-order valence-electron chi connectivity index (χ4n) is 1.33. The summed E-state index contributed by atoms with van der Waals surface area (Å²) in [7, 11) is 2.64. The molecule has 1 rings (SSSR count). The number of nitrogens with zero attached hydrogens (tertiary/aromatic N) is 1. The van der Waals surface area contributed by atoms with Crippen LogP contribution in [-0.2, 0) is 9.47 Å². The molecule has 0 amide bonds. The van der Waals surface area contributed by atoms with Gasteiger partial charge >= 0.3 is 11.9 Å². The predicted octanol–water partition coefficient (Wildman–Crippen LogP) is 1.83. The number of methoxy groups -OCH3 is 2. The first-order valence-electron chi connectivity index (χ1n) is 5.93. The first-order valence-corrected chi connectivity index (χ1v) is 5.93. The van der Waals surface area contributed by atoms with E-state index in [0.29, 0.717) is 6.61 Å². The summed E-state index contributed by atoms with van der Waals surface area (Å²) in [6, 6.07) is 2.74. The zero-order valence-electron chi connectivity index (χ0n) is 11.3. The molecule has 0 aliphatic heterocycles. The zero-order valence-corrected chi connectivity index (χ0v) is 11.3. The number of hydrogen-bond acceptors (Lipinski definition) is 6. The van der Waals surface area contributed by atoms with Gasteiger partial charge in [0.1, 0.15) is 0 Å². The minimum absolute atomic E-state index is 0.00397. The monoisotopic (exact) mass is 267 g/mol. The van der Waals surface area contributed by atoms with Gasteiger partial charge in [0, 0.05) is 6.07 Å². The van der Waals surface area contributed by atoms with Crippen LogP contribution >= 0.6 is 0 Å². The van der Waals surface area contributed by atoms with E-state index < -0.39 is 11.9 Å². The van der Waals surface area contributed by atoms with Crippen molar-refractivity contribution in [1.29, 1.82) is 0 Å². The Balaban J connectivity index is 2.93. The van der Waals surface area contributed by atoms with Crippen molar-refractivity contribution in [3.8, 4) is 5.88 Å². The molecule has 6 nitrogen and oxygen atoms in total. The Morgan fingerprint density at radius 3 is 2.53 bits per heavy atom. The molecule has 19 heavy (non-hydrogen) atoms. The maximum absolute atomic E-state index is 11.8. The fourth-order valence-corrected chi connectivity index (χ4v) is 1.33. The van der Waals surface area contributed by atoms with E-state index in [2.05, 4.69) is 9.72 Å². The largest absolute Gasteiger partial charge is 0.481 e. The van der Waals surface area contributed by atoms with Crippen LogP contribution < -0.4 is 4.74 Å². The minimum atomic E-state index is -0.637. The molecular formula is C13H17NO5. The first kappa shape index (κ1) is 14.9. The summed E-state index contributed by atoms with van der Waals surface area (Å²) in [4.78, 5) is 27.1. The Bertz CT molecular complexity index is 458. The van der Waals surface area contributed by atoms with Crippen molar-refractivity contribution in [2.75, 3.05) is 20.8 Å². The molecule has 104 valence electrons. The third-order valence-electron chi connectivity index (χ3n) is 2.37.